The van der Waals surface area contributed by atoms with E-state index in [0.717, 1.165) is 55.8 Å². The molecule has 9 aromatic carbocycles. The zero-order valence-electron chi connectivity index (χ0n) is 31.3. The Morgan fingerprint density at radius 2 is 1.00 bits per heavy atom. The number of furan rings is 1. The molecule has 0 aliphatic rings. The fourth-order valence-electron chi connectivity index (χ4n) is 8.90. The minimum Gasteiger partial charge on any atom is -0.454 e. The third kappa shape index (κ3) is 5.19. The van der Waals surface area contributed by atoms with Crippen LogP contribution in [0.5, 0.6) is 0 Å². The molecule has 0 fully saturated rings. The van der Waals surface area contributed by atoms with Crippen LogP contribution in [-0.2, 0) is 0 Å². The number of aromatic nitrogens is 1. The number of para-hydroxylation sites is 4. The zero-order valence-corrected chi connectivity index (χ0v) is 32.2. The molecule has 3 nitrogen and oxygen atoms in total. The van der Waals surface area contributed by atoms with E-state index in [-0.39, 0.29) is 0 Å². The van der Waals surface area contributed by atoms with E-state index in [9.17, 15) is 0 Å². The van der Waals surface area contributed by atoms with Crippen LogP contribution in [0.4, 0.5) is 17.1 Å². The van der Waals surface area contributed by atoms with E-state index >= 15 is 0 Å². The SMILES string of the molecule is c1ccc(-n2c3ccccc3c3ccc(-c4cccc(-c5cccc(N(c6ccc7c(c6)sc6ccccc67)c6cccc7c6oc6ccccc67)c5)c4)cc32)cc1. The Labute approximate surface area is 338 Å². The minimum absolute atomic E-state index is 0.871. The second kappa shape index (κ2) is 13.1. The van der Waals surface area contributed by atoms with Crippen LogP contribution in [0, 0.1) is 0 Å². The van der Waals surface area contributed by atoms with Crippen molar-refractivity contribution in [3.8, 4) is 27.9 Å². The lowest BCUT2D eigenvalue weighted by atomic mass is 9.97. The van der Waals surface area contributed by atoms with Crippen molar-refractivity contribution >= 4 is 92.3 Å². The van der Waals surface area contributed by atoms with Gasteiger partial charge >= 0.3 is 0 Å². The van der Waals surface area contributed by atoms with Crippen LogP contribution in [0.25, 0.3) is 91.9 Å². The summed E-state index contributed by atoms with van der Waals surface area (Å²) in [6.45, 7) is 0. The van der Waals surface area contributed by atoms with E-state index in [0.29, 0.717) is 0 Å². The van der Waals surface area contributed by atoms with Crippen LogP contribution in [0.1, 0.15) is 0 Å². The molecule has 0 spiro atoms. The highest BCUT2D eigenvalue weighted by Crippen LogP contribution is 2.45. The van der Waals surface area contributed by atoms with Crippen molar-refractivity contribution in [2.24, 2.45) is 0 Å². The summed E-state index contributed by atoms with van der Waals surface area (Å²) >= 11 is 1.84. The van der Waals surface area contributed by atoms with Gasteiger partial charge in [0.15, 0.2) is 5.58 Å². The van der Waals surface area contributed by atoms with Gasteiger partial charge in [0.2, 0.25) is 0 Å². The van der Waals surface area contributed by atoms with E-state index in [1.807, 2.05) is 17.4 Å². The number of fused-ring (bicyclic) bond motifs is 9. The van der Waals surface area contributed by atoms with Crippen molar-refractivity contribution in [1.82, 2.24) is 4.57 Å². The van der Waals surface area contributed by atoms with Crippen LogP contribution in [0.2, 0.25) is 0 Å². The van der Waals surface area contributed by atoms with E-state index in [4.69, 9.17) is 4.42 Å². The molecular weight excluding hydrogens is 725 g/mol. The molecule has 0 unspecified atom stereocenters. The molecular formula is C54H34N2OS. The summed E-state index contributed by atoms with van der Waals surface area (Å²) in [5, 5.41) is 7.30. The normalized spacial score (nSPS) is 11.8. The highest BCUT2D eigenvalue weighted by molar-refractivity contribution is 7.25. The molecule has 3 aromatic heterocycles. The van der Waals surface area contributed by atoms with E-state index < -0.39 is 0 Å². The second-order valence-electron chi connectivity index (χ2n) is 14.9. The lowest BCUT2D eigenvalue weighted by Gasteiger charge is -2.26. The maximum absolute atomic E-state index is 6.67. The standard InChI is InChI=1S/C54H34N2OS/c1-2-16-39(17-3-1)56-48-23-7-4-19-42(48)43-29-27-38(33-50(43)56)36-14-10-13-35(31-36)37-15-11-18-40(32-37)55(41-28-30-46-45-21-6-9-26-52(45)58-53(46)34-41)49-24-12-22-47-44-20-5-8-25-51(44)57-54(47)49/h1-34H. The molecule has 4 heteroatoms. The van der Waals surface area contributed by atoms with Crippen molar-refractivity contribution in [3.05, 3.63) is 206 Å². The highest BCUT2D eigenvalue weighted by atomic mass is 32.1. The van der Waals surface area contributed by atoms with Gasteiger partial charge in [-0.1, -0.05) is 133 Å². The largest absolute Gasteiger partial charge is 0.454 e. The second-order valence-corrected chi connectivity index (χ2v) is 16.0. The molecule has 0 aliphatic heterocycles. The summed E-state index contributed by atoms with van der Waals surface area (Å²) < 4.78 is 11.6. The van der Waals surface area contributed by atoms with Crippen molar-refractivity contribution in [1.29, 1.82) is 0 Å². The van der Waals surface area contributed by atoms with E-state index in [2.05, 4.69) is 210 Å². The molecule has 58 heavy (non-hydrogen) atoms. The van der Waals surface area contributed by atoms with Crippen molar-refractivity contribution in [2.75, 3.05) is 4.90 Å². The van der Waals surface area contributed by atoms with E-state index in [1.54, 1.807) is 0 Å². The fraction of sp³-hybridized carbons (Fsp3) is 0. The number of thiophene rings is 1. The molecule has 0 aliphatic carbocycles. The third-order valence-corrected chi connectivity index (χ3v) is 12.7. The van der Waals surface area contributed by atoms with Gasteiger partial charge < -0.3 is 13.9 Å². The first kappa shape index (κ1) is 32.8. The smallest absolute Gasteiger partial charge is 0.159 e. The number of rotatable bonds is 6. The third-order valence-electron chi connectivity index (χ3n) is 11.6. The van der Waals surface area contributed by atoms with Gasteiger partial charge in [-0.25, -0.2) is 0 Å². The van der Waals surface area contributed by atoms with Gasteiger partial charge in [0, 0.05) is 58.8 Å². The Hall–Kier alpha value is -7.40. The summed E-state index contributed by atoms with van der Waals surface area (Å²) in [4.78, 5) is 2.36. The first-order chi connectivity index (χ1) is 28.7. The number of anilines is 3. The molecule has 0 amide bonds. The number of hydrogen-bond donors (Lipinski definition) is 0. The van der Waals surface area contributed by atoms with Gasteiger partial charge in [-0.15, -0.1) is 11.3 Å². The maximum atomic E-state index is 6.67. The van der Waals surface area contributed by atoms with Gasteiger partial charge in [-0.2, -0.15) is 0 Å². The molecule has 12 rings (SSSR count). The molecule has 12 aromatic rings. The van der Waals surface area contributed by atoms with Crippen LogP contribution in [0.15, 0.2) is 211 Å². The molecule has 0 saturated carbocycles. The Balaban J connectivity index is 1.00. The maximum Gasteiger partial charge on any atom is 0.159 e. The van der Waals surface area contributed by atoms with Crippen molar-refractivity contribution in [2.45, 2.75) is 0 Å². The minimum atomic E-state index is 0.871. The Morgan fingerprint density at radius 1 is 0.379 bits per heavy atom. The average Bonchev–Trinajstić information content (AvgIpc) is 3.96. The quantitative estimate of drug-likeness (QED) is 0.168. The first-order valence-electron chi connectivity index (χ1n) is 19.7. The summed E-state index contributed by atoms with van der Waals surface area (Å²) in [7, 11) is 0. The van der Waals surface area contributed by atoms with Gasteiger partial charge in [-0.05, 0) is 95.1 Å². The Bertz CT molecular complexity index is 3540. The predicted octanol–water partition coefficient (Wildman–Crippen LogP) is 15.9. The fourth-order valence-corrected chi connectivity index (χ4v) is 10.0. The van der Waals surface area contributed by atoms with Crippen molar-refractivity contribution < 1.29 is 4.42 Å². The molecule has 0 saturated heterocycles. The highest BCUT2D eigenvalue weighted by Gasteiger charge is 2.21. The van der Waals surface area contributed by atoms with E-state index in [1.165, 1.54) is 53.1 Å². The van der Waals surface area contributed by atoms with Gasteiger partial charge in [-0.3, -0.25) is 0 Å². The Kier molecular flexibility index (Phi) is 7.40. The molecule has 0 radical (unpaired) electrons. The lowest BCUT2D eigenvalue weighted by molar-refractivity contribution is 0.669. The van der Waals surface area contributed by atoms with Crippen LogP contribution in [0.3, 0.4) is 0 Å². The van der Waals surface area contributed by atoms with Crippen molar-refractivity contribution in [3.63, 3.8) is 0 Å². The topological polar surface area (TPSA) is 21.3 Å². The summed E-state index contributed by atoms with van der Waals surface area (Å²) in [6, 6.07) is 74.4. The van der Waals surface area contributed by atoms with Crippen LogP contribution in [-0.4, -0.2) is 4.57 Å². The number of hydrogen-bond acceptors (Lipinski definition) is 3. The molecule has 272 valence electrons. The summed E-state index contributed by atoms with van der Waals surface area (Å²) in [5.41, 5.74) is 13.1. The Morgan fingerprint density at radius 3 is 1.88 bits per heavy atom. The van der Waals surface area contributed by atoms with Gasteiger partial charge in [0.05, 0.1) is 16.7 Å². The predicted molar refractivity (Wildman–Crippen MR) is 247 cm³/mol. The number of nitrogens with zero attached hydrogens (tertiary/aromatic N) is 2. The van der Waals surface area contributed by atoms with Gasteiger partial charge in [0.1, 0.15) is 5.58 Å². The van der Waals surface area contributed by atoms with Crippen LogP contribution >= 0.6 is 11.3 Å². The summed E-state index contributed by atoms with van der Waals surface area (Å²) in [5.74, 6) is 0. The zero-order chi connectivity index (χ0) is 38.2. The molecule has 0 N–H and O–H groups in total. The van der Waals surface area contributed by atoms with Crippen LogP contribution < -0.4 is 4.90 Å². The molecule has 0 atom stereocenters. The number of benzene rings is 9. The van der Waals surface area contributed by atoms with Gasteiger partial charge in [0.25, 0.3) is 0 Å². The average molecular weight is 759 g/mol. The first-order valence-corrected chi connectivity index (χ1v) is 20.5. The lowest BCUT2D eigenvalue weighted by Crippen LogP contribution is -2.10. The monoisotopic (exact) mass is 758 g/mol. The molecule has 3 heterocycles. The molecule has 0 bridgehead atoms. The summed E-state index contributed by atoms with van der Waals surface area (Å²) in [6.07, 6.45) is 0.